The van der Waals surface area contributed by atoms with Gasteiger partial charge in [0.15, 0.2) is 0 Å². The molecular weight excluding hydrogens is 185 g/mol. The molecule has 0 heterocycles. The number of halogens is 3. The number of rotatable bonds is 3. The highest BCUT2D eigenvalue weighted by molar-refractivity contribution is 7.86. The first-order chi connectivity index (χ1) is 4.77. The van der Waals surface area contributed by atoms with Crippen molar-refractivity contribution in [3.8, 4) is 0 Å². The van der Waals surface area contributed by atoms with E-state index < -0.39 is 28.5 Å². The molecule has 0 atom stereocenters. The van der Waals surface area contributed by atoms with Gasteiger partial charge < -0.3 is 0 Å². The molecule has 0 aliphatic rings. The van der Waals surface area contributed by atoms with E-state index in [0.29, 0.717) is 0 Å². The van der Waals surface area contributed by atoms with E-state index in [1.807, 2.05) is 0 Å². The van der Waals surface area contributed by atoms with Gasteiger partial charge in [0.1, 0.15) is 0 Å². The van der Waals surface area contributed by atoms with Gasteiger partial charge in [-0.1, -0.05) is 0 Å². The Morgan fingerprint density at radius 2 is 1.82 bits per heavy atom. The molecule has 0 fully saturated rings. The second-order valence-corrected chi connectivity index (χ2v) is 3.50. The maximum Gasteiger partial charge on any atom is 0.390 e. The summed E-state index contributed by atoms with van der Waals surface area (Å²) in [6, 6.07) is 0. The van der Waals surface area contributed by atoms with Crippen LogP contribution in [0.3, 0.4) is 0 Å². The van der Waals surface area contributed by atoms with Gasteiger partial charge in [0, 0.05) is 0 Å². The van der Waals surface area contributed by atoms with Crippen molar-refractivity contribution in [2.45, 2.75) is 12.6 Å². The molecule has 0 N–H and O–H groups in total. The Kier molecular flexibility index (Phi) is 3.30. The second kappa shape index (κ2) is 3.40. The molecule has 0 aliphatic heterocycles. The Morgan fingerprint density at radius 3 is 2.09 bits per heavy atom. The van der Waals surface area contributed by atoms with Crippen molar-refractivity contribution in [2.75, 3.05) is 5.75 Å². The van der Waals surface area contributed by atoms with Gasteiger partial charge >= 0.3 is 6.18 Å². The van der Waals surface area contributed by atoms with E-state index >= 15 is 0 Å². The van der Waals surface area contributed by atoms with E-state index in [-0.39, 0.29) is 0 Å². The van der Waals surface area contributed by atoms with Crippen LogP contribution in [-0.2, 0) is 14.3 Å². The first-order valence-electron chi connectivity index (χ1n) is 2.50. The summed E-state index contributed by atoms with van der Waals surface area (Å²) in [6.45, 7) is 0. The van der Waals surface area contributed by atoms with Gasteiger partial charge in [0.25, 0.3) is 10.1 Å². The highest BCUT2D eigenvalue weighted by Crippen LogP contribution is 2.20. The zero-order valence-electron chi connectivity index (χ0n) is 5.39. The van der Waals surface area contributed by atoms with Crippen LogP contribution in [-0.4, -0.2) is 20.3 Å². The van der Waals surface area contributed by atoms with Crippen molar-refractivity contribution < 1.29 is 25.8 Å². The molecule has 0 amide bonds. The van der Waals surface area contributed by atoms with Crippen LogP contribution in [0.2, 0.25) is 0 Å². The predicted molar refractivity (Wildman–Crippen MR) is 30.9 cm³/mol. The van der Waals surface area contributed by atoms with Gasteiger partial charge in [-0.25, -0.2) is 0 Å². The van der Waals surface area contributed by atoms with Gasteiger partial charge in [-0.2, -0.15) is 21.6 Å². The molecule has 0 aromatic heterocycles. The predicted octanol–water partition coefficient (Wildman–Crippen LogP) is 1.08. The molecule has 0 spiro atoms. The van der Waals surface area contributed by atoms with Crippen molar-refractivity contribution in [3.05, 3.63) is 7.11 Å². The molecule has 0 saturated heterocycles. The third kappa shape index (κ3) is 6.11. The van der Waals surface area contributed by atoms with Crippen LogP contribution < -0.4 is 0 Å². The molecule has 0 unspecified atom stereocenters. The Hall–Kier alpha value is -0.300. The van der Waals surface area contributed by atoms with Crippen molar-refractivity contribution in [1.82, 2.24) is 0 Å². The molecular formula is C4H6F3O3S. The molecule has 0 aromatic carbocycles. The van der Waals surface area contributed by atoms with Crippen LogP contribution >= 0.6 is 0 Å². The summed E-state index contributed by atoms with van der Waals surface area (Å²) in [5, 5.41) is 0. The Labute approximate surface area is 62.3 Å². The van der Waals surface area contributed by atoms with Gasteiger partial charge in [-0.15, -0.1) is 0 Å². The summed E-state index contributed by atoms with van der Waals surface area (Å²) in [5.41, 5.74) is 0. The molecule has 3 nitrogen and oxygen atoms in total. The van der Waals surface area contributed by atoms with Crippen LogP contribution in [0.5, 0.6) is 0 Å². The minimum atomic E-state index is -4.48. The molecule has 0 aliphatic carbocycles. The van der Waals surface area contributed by atoms with Crippen molar-refractivity contribution in [1.29, 1.82) is 0 Å². The van der Waals surface area contributed by atoms with Crippen molar-refractivity contribution in [3.63, 3.8) is 0 Å². The largest absolute Gasteiger partial charge is 0.390 e. The van der Waals surface area contributed by atoms with Crippen molar-refractivity contribution >= 4 is 10.1 Å². The topological polar surface area (TPSA) is 43.4 Å². The lowest BCUT2D eigenvalue weighted by atomic mass is 10.5. The smallest absolute Gasteiger partial charge is 0.268 e. The van der Waals surface area contributed by atoms with E-state index in [2.05, 4.69) is 11.3 Å². The molecule has 67 valence electrons. The van der Waals surface area contributed by atoms with Crippen LogP contribution in [0.1, 0.15) is 6.42 Å². The fraction of sp³-hybridized carbons (Fsp3) is 0.750. The van der Waals surface area contributed by atoms with Crippen LogP contribution in [0, 0.1) is 7.11 Å². The number of hydrogen-bond donors (Lipinski definition) is 0. The first kappa shape index (κ1) is 10.7. The number of hydrogen-bond acceptors (Lipinski definition) is 3. The normalized spacial score (nSPS) is 13.5. The van der Waals surface area contributed by atoms with E-state index in [1.165, 1.54) is 0 Å². The van der Waals surface area contributed by atoms with Crippen molar-refractivity contribution in [2.24, 2.45) is 0 Å². The third-order valence-electron chi connectivity index (χ3n) is 0.815. The van der Waals surface area contributed by atoms with Gasteiger partial charge in [-0.3, -0.25) is 4.18 Å². The summed E-state index contributed by atoms with van der Waals surface area (Å²) < 4.78 is 58.2. The second-order valence-electron chi connectivity index (χ2n) is 1.74. The van der Waals surface area contributed by atoms with E-state index in [4.69, 9.17) is 0 Å². The molecule has 0 bridgehead atoms. The third-order valence-corrected chi connectivity index (χ3v) is 1.88. The summed E-state index contributed by atoms with van der Waals surface area (Å²) in [7, 11) is -1.58. The molecule has 0 aromatic rings. The Bertz CT molecular complexity index is 205. The molecule has 0 rings (SSSR count). The van der Waals surface area contributed by atoms with Crippen LogP contribution in [0.4, 0.5) is 13.2 Å². The summed E-state index contributed by atoms with van der Waals surface area (Å²) in [4.78, 5) is 0. The minimum Gasteiger partial charge on any atom is -0.268 e. The summed E-state index contributed by atoms with van der Waals surface area (Å²) in [5.74, 6) is -1.08. The zero-order chi connectivity index (χ0) is 9.12. The monoisotopic (exact) mass is 191 g/mol. The Morgan fingerprint density at radius 1 is 1.36 bits per heavy atom. The van der Waals surface area contributed by atoms with E-state index in [1.54, 1.807) is 0 Å². The maximum atomic E-state index is 11.4. The zero-order valence-corrected chi connectivity index (χ0v) is 6.20. The van der Waals surface area contributed by atoms with Gasteiger partial charge in [0.05, 0.1) is 19.3 Å². The van der Waals surface area contributed by atoms with Gasteiger partial charge in [0.2, 0.25) is 0 Å². The molecule has 0 saturated carbocycles. The minimum absolute atomic E-state index is 1.08. The van der Waals surface area contributed by atoms with E-state index in [0.717, 1.165) is 0 Å². The van der Waals surface area contributed by atoms with Crippen LogP contribution in [0.25, 0.3) is 0 Å². The number of alkyl halides is 3. The molecule has 11 heavy (non-hydrogen) atoms. The summed E-state index contributed by atoms with van der Waals surface area (Å²) in [6.07, 6.45) is -5.89. The lowest BCUT2D eigenvalue weighted by Crippen LogP contribution is -2.16. The first-order valence-corrected chi connectivity index (χ1v) is 4.08. The average Bonchev–Trinajstić information content (AvgIpc) is 1.83. The summed E-state index contributed by atoms with van der Waals surface area (Å²) >= 11 is 0. The fourth-order valence-electron chi connectivity index (χ4n) is 0.300. The van der Waals surface area contributed by atoms with Crippen LogP contribution in [0.15, 0.2) is 0 Å². The van der Waals surface area contributed by atoms with Gasteiger partial charge in [-0.05, 0) is 0 Å². The molecule has 1 radical (unpaired) electrons. The lowest BCUT2D eigenvalue weighted by Gasteiger charge is -2.04. The lowest BCUT2D eigenvalue weighted by molar-refractivity contribution is -0.130. The molecule has 7 heteroatoms. The quantitative estimate of drug-likeness (QED) is 0.627. The maximum absolute atomic E-state index is 11.4. The highest BCUT2D eigenvalue weighted by atomic mass is 32.2. The standard InChI is InChI=1S/C4H6F3O3S/c1-10-11(8,9)3-2-4(5,6)7/h1-3H2. The Balaban J connectivity index is 3.91. The average molecular weight is 191 g/mol. The SMILES string of the molecule is [CH2]OS(=O)(=O)CCC(F)(F)F. The van der Waals surface area contributed by atoms with E-state index in [9.17, 15) is 21.6 Å². The highest BCUT2D eigenvalue weighted by Gasteiger charge is 2.29. The fourth-order valence-corrected chi connectivity index (χ4v) is 0.899.